The van der Waals surface area contributed by atoms with Gasteiger partial charge in [0.15, 0.2) is 0 Å². The first-order valence-corrected chi connectivity index (χ1v) is 4.92. The van der Waals surface area contributed by atoms with E-state index in [4.69, 9.17) is 4.74 Å². The highest BCUT2D eigenvalue weighted by molar-refractivity contribution is 5.15. The van der Waals surface area contributed by atoms with E-state index in [0.29, 0.717) is 0 Å². The van der Waals surface area contributed by atoms with Crippen molar-refractivity contribution in [1.82, 2.24) is 0 Å². The van der Waals surface area contributed by atoms with E-state index in [0.717, 1.165) is 18.6 Å². The van der Waals surface area contributed by atoms with Gasteiger partial charge in [-0.1, -0.05) is 37.6 Å². The van der Waals surface area contributed by atoms with E-state index < -0.39 is 0 Å². The third kappa shape index (κ3) is 3.60. The van der Waals surface area contributed by atoms with E-state index in [2.05, 4.69) is 26.0 Å². The summed E-state index contributed by atoms with van der Waals surface area (Å²) >= 11 is 0. The first-order valence-electron chi connectivity index (χ1n) is 4.92. The highest BCUT2D eigenvalue weighted by Crippen LogP contribution is 2.15. The molecule has 1 radical (unpaired) electrons. The van der Waals surface area contributed by atoms with Crippen molar-refractivity contribution in [3.8, 4) is 0 Å². The van der Waals surface area contributed by atoms with Crippen LogP contribution in [0, 0.1) is 6.07 Å². The fourth-order valence-electron chi connectivity index (χ4n) is 1.15. The number of rotatable bonds is 5. The zero-order valence-electron chi connectivity index (χ0n) is 8.42. The Kier molecular flexibility index (Phi) is 4.55. The monoisotopic (exact) mass is 177 g/mol. The summed E-state index contributed by atoms with van der Waals surface area (Å²) in [5.41, 5.74) is 1.14. The topological polar surface area (TPSA) is 9.23 Å². The molecule has 0 aromatic heterocycles. The Hall–Kier alpha value is -0.820. The zero-order valence-corrected chi connectivity index (χ0v) is 8.42. The number of ether oxygens (including phenoxy) is 1. The molecule has 0 amide bonds. The molecule has 1 aromatic rings. The second-order valence-corrected chi connectivity index (χ2v) is 3.18. The van der Waals surface area contributed by atoms with Crippen LogP contribution in [0.3, 0.4) is 0 Å². The summed E-state index contributed by atoms with van der Waals surface area (Å²) in [6.45, 7) is 5.09. The van der Waals surface area contributed by atoms with Gasteiger partial charge in [-0.15, -0.1) is 0 Å². The number of benzene rings is 1. The molecule has 0 heterocycles. The Morgan fingerprint density at radius 2 is 2.31 bits per heavy atom. The van der Waals surface area contributed by atoms with Crippen LogP contribution in [-0.4, -0.2) is 6.61 Å². The third-order valence-corrected chi connectivity index (χ3v) is 2.04. The van der Waals surface area contributed by atoms with E-state index in [1.54, 1.807) is 0 Å². The minimum atomic E-state index is 0.174. The molecule has 1 heteroatoms. The summed E-state index contributed by atoms with van der Waals surface area (Å²) in [5, 5.41) is 0. The standard InChI is InChI=1S/C12H17O/c1-3-4-10-13-11(2)12-8-6-5-7-9-12/h5-8,11H,3-4,10H2,1-2H3. The lowest BCUT2D eigenvalue weighted by Gasteiger charge is -2.12. The molecule has 1 nitrogen and oxygen atoms in total. The Bertz CT molecular complexity index is 218. The predicted molar refractivity (Wildman–Crippen MR) is 54.6 cm³/mol. The molecule has 0 fully saturated rings. The van der Waals surface area contributed by atoms with Crippen LogP contribution in [0.2, 0.25) is 0 Å². The second-order valence-electron chi connectivity index (χ2n) is 3.18. The van der Waals surface area contributed by atoms with Crippen molar-refractivity contribution < 1.29 is 4.74 Å². The van der Waals surface area contributed by atoms with Gasteiger partial charge in [0.05, 0.1) is 6.10 Å². The molecule has 0 aliphatic heterocycles. The minimum Gasteiger partial charge on any atom is -0.374 e. The van der Waals surface area contributed by atoms with E-state index in [9.17, 15) is 0 Å². The quantitative estimate of drug-likeness (QED) is 0.626. The smallest absolute Gasteiger partial charge is 0.0802 e. The molecule has 13 heavy (non-hydrogen) atoms. The fraction of sp³-hybridized carbons (Fsp3) is 0.500. The van der Waals surface area contributed by atoms with Gasteiger partial charge in [0.2, 0.25) is 0 Å². The van der Waals surface area contributed by atoms with Crippen LogP contribution in [0.1, 0.15) is 38.4 Å². The Balaban J connectivity index is 2.35. The molecule has 1 aromatic carbocycles. The molecule has 0 spiro atoms. The summed E-state index contributed by atoms with van der Waals surface area (Å²) in [7, 11) is 0. The first-order chi connectivity index (χ1) is 6.34. The van der Waals surface area contributed by atoms with Crippen molar-refractivity contribution in [3.63, 3.8) is 0 Å². The van der Waals surface area contributed by atoms with Crippen LogP contribution in [-0.2, 0) is 4.74 Å². The molecular formula is C12H17O. The van der Waals surface area contributed by atoms with Crippen molar-refractivity contribution in [2.75, 3.05) is 6.61 Å². The van der Waals surface area contributed by atoms with Crippen molar-refractivity contribution in [2.45, 2.75) is 32.8 Å². The molecule has 1 unspecified atom stereocenters. The highest BCUT2D eigenvalue weighted by atomic mass is 16.5. The average molecular weight is 177 g/mol. The van der Waals surface area contributed by atoms with Gasteiger partial charge in [-0.2, -0.15) is 0 Å². The van der Waals surface area contributed by atoms with Gasteiger partial charge in [0.25, 0.3) is 0 Å². The van der Waals surface area contributed by atoms with Gasteiger partial charge in [-0.3, -0.25) is 0 Å². The van der Waals surface area contributed by atoms with E-state index in [-0.39, 0.29) is 6.10 Å². The van der Waals surface area contributed by atoms with E-state index in [1.165, 1.54) is 6.42 Å². The maximum absolute atomic E-state index is 5.64. The van der Waals surface area contributed by atoms with Gasteiger partial charge < -0.3 is 4.74 Å². The normalized spacial score (nSPS) is 12.8. The van der Waals surface area contributed by atoms with E-state index in [1.807, 2.05) is 18.2 Å². The van der Waals surface area contributed by atoms with E-state index >= 15 is 0 Å². The Morgan fingerprint density at radius 3 is 2.92 bits per heavy atom. The van der Waals surface area contributed by atoms with Crippen LogP contribution >= 0.6 is 0 Å². The Morgan fingerprint density at radius 1 is 1.46 bits per heavy atom. The second kappa shape index (κ2) is 5.76. The fourth-order valence-corrected chi connectivity index (χ4v) is 1.15. The lowest BCUT2D eigenvalue weighted by atomic mass is 10.1. The molecule has 0 aliphatic rings. The number of hydrogen-bond donors (Lipinski definition) is 0. The largest absolute Gasteiger partial charge is 0.374 e. The van der Waals surface area contributed by atoms with Crippen LogP contribution in [0.5, 0.6) is 0 Å². The van der Waals surface area contributed by atoms with Crippen molar-refractivity contribution >= 4 is 0 Å². The van der Waals surface area contributed by atoms with Crippen LogP contribution < -0.4 is 0 Å². The molecule has 0 N–H and O–H groups in total. The van der Waals surface area contributed by atoms with Crippen LogP contribution in [0.15, 0.2) is 24.3 Å². The molecule has 0 aliphatic carbocycles. The third-order valence-electron chi connectivity index (χ3n) is 2.04. The molecule has 0 saturated carbocycles. The Labute approximate surface area is 80.7 Å². The number of unbranched alkanes of at least 4 members (excludes halogenated alkanes) is 1. The lowest BCUT2D eigenvalue weighted by Crippen LogP contribution is -2.01. The highest BCUT2D eigenvalue weighted by Gasteiger charge is 2.03. The van der Waals surface area contributed by atoms with Crippen molar-refractivity contribution in [1.29, 1.82) is 0 Å². The summed E-state index contributed by atoms with van der Waals surface area (Å²) < 4.78 is 5.64. The first kappa shape index (κ1) is 10.3. The maximum Gasteiger partial charge on any atom is 0.0802 e. The zero-order chi connectivity index (χ0) is 9.52. The minimum absolute atomic E-state index is 0.174. The summed E-state index contributed by atoms with van der Waals surface area (Å²) in [4.78, 5) is 0. The number of hydrogen-bond acceptors (Lipinski definition) is 1. The molecule has 71 valence electrons. The summed E-state index contributed by atoms with van der Waals surface area (Å²) in [5.74, 6) is 0. The van der Waals surface area contributed by atoms with Crippen LogP contribution in [0.4, 0.5) is 0 Å². The van der Waals surface area contributed by atoms with Crippen LogP contribution in [0.25, 0.3) is 0 Å². The molecule has 1 rings (SSSR count). The molecule has 0 bridgehead atoms. The predicted octanol–water partition coefficient (Wildman–Crippen LogP) is 3.36. The molecular weight excluding hydrogens is 160 g/mol. The lowest BCUT2D eigenvalue weighted by molar-refractivity contribution is 0.0635. The maximum atomic E-state index is 5.64. The van der Waals surface area contributed by atoms with Gasteiger partial charge in [-0.25, -0.2) is 0 Å². The summed E-state index contributed by atoms with van der Waals surface area (Å²) in [6, 6.07) is 11.1. The van der Waals surface area contributed by atoms with Gasteiger partial charge >= 0.3 is 0 Å². The average Bonchev–Trinajstić information content (AvgIpc) is 2.19. The van der Waals surface area contributed by atoms with Crippen molar-refractivity contribution in [2.24, 2.45) is 0 Å². The van der Waals surface area contributed by atoms with Crippen molar-refractivity contribution in [3.05, 3.63) is 35.9 Å². The van der Waals surface area contributed by atoms with Gasteiger partial charge in [0, 0.05) is 6.61 Å². The summed E-state index contributed by atoms with van der Waals surface area (Å²) in [6.07, 6.45) is 2.50. The molecule has 0 saturated heterocycles. The molecule has 1 atom stereocenters. The SMILES string of the molecule is CCCCOC(C)c1[c]cccc1. The van der Waals surface area contributed by atoms with Gasteiger partial charge in [-0.05, 0) is 25.0 Å². The van der Waals surface area contributed by atoms with Gasteiger partial charge in [0.1, 0.15) is 0 Å².